The highest BCUT2D eigenvalue weighted by atomic mass is 19.4. The predicted molar refractivity (Wildman–Crippen MR) is 141 cm³/mol. The van der Waals surface area contributed by atoms with Crippen LogP contribution in [-0.4, -0.2) is 93.8 Å². The fraction of sp³-hybridized carbons (Fsp3) is 0.500. The standard InChI is InChI=1S/C26H29F3N8O5/c1-2-24(41)17(42-23(40)32-10-4-6-14-5-3-7-15(11-14)26(27,28)29)13-37-22(31)33-16(12-36-18(38)8-9-19(36)39)20-25(24,37)35-21(30)34-20/h1,3,5,7,11,16-17,20,41H,4,6,8-10,12-13H2,(H2,31,33)(H,32,40)(H3,30,34,35)/t16-,17-,20?,24?,25?/m0/s1. The van der Waals surface area contributed by atoms with Crippen LogP contribution in [0.3, 0.4) is 0 Å². The van der Waals surface area contributed by atoms with Gasteiger partial charge in [0.2, 0.25) is 17.4 Å². The molecule has 0 bridgehead atoms. The smallest absolute Gasteiger partial charge is 0.416 e. The maximum absolute atomic E-state index is 13.0. The highest BCUT2D eigenvalue weighted by molar-refractivity contribution is 6.02. The number of alkyl halides is 3. The highest BCUT2D eigenvalue weighted by Gasteiger charge is 2.74. The van der Waals surface area contributed by atoms with E-state index in [2.05, 4.69) is 26.5 Å². The first kappa shape index (κ1) is 29.0. The molecule has 3 amide bonds. The van der Waals surface area contributed by atoms with E-state index in [1.165, 1.54) is 11.0 Å². The Morgan fingerprint density at radius 2 is 1.98 bits per heavy atom. The molecule has 0 aromatic heterocycles. The van der Waals surface area contributed by atoms with Gasteiger partial charge in [0.1, 0.15) is 6.04 Å². The normalized spacial score (nSPS) is 30.2. The second-order valence-corrected chi connectivity index (χ2v) is 10.4. The molecule has 7 N–H and O–H groups in total. The van der Waals surface area contributed by atoms with E-state index in [4.69, 9.17) is 22.6 Å². The molecule has 3 unspecified atom stereocenters. The zero-order valence-electron chi connectivity index (χ0n) is 22.2. The second-order valence-electron chi connectivity index (χ2n) is 10.4. The number of aliphatic imine (C=N–C) groups is 2. The number of aryl methyl sites for hydroxylation is 1. The van der Waals surface area contributed by atoms with Crippen LogP contribution in [-0.2, 0) is 26.9 Å². The summed E-state index contributed by atoms with van der Waals surface area (Å²) >= 11 is 0. The third kappa shape index (κ3) is 4.73. The Kier molecular flexibility index (Phi) is 7.17. The summed E-state index contributed by atoms with van der Waals surface area (Å²) in [6.07, 6.45) is -0.236. The van der Waals surface area contributed by atoms with Crippen molar-refractivity contribution in [1.29, 1.82) is 0 Å². The first-order valence-electron chi connectivity index (χ1n) is 13.2. The Balaban J connectivity index is 1.27. The molecule has 5 rings (SSSR count). The van der Waals surface area contributed by atoms with Gasteiger partial charge in [-0.3, -0.25) is 14.5 Å². The number of imide groups is 1. The number of aliphatic hydroxyl groups is 1. The summed E-state index contributed by atoms with van der Waals surface area (Å²) in [6, 6.07) is 2.97. The van der Waals surface area contributed by atoms with E-state index in [9.17, 15) is 32.7 Å². The summed E-state index contributed by atoms with van der Waals surface area (Å²) < 4.78 is 44.4. The van der Waals surface area contributed by atoms with Gasteiger partial charge in [-0.05, 0) is 24.5 Å². The monoisotopic (exact) mass is 590 g/mol. The maximum Gasteiger partial charge on any atom is 0.416 e. The summed E-state index contributed by atoms with van der Waals surface area (Å²) in [5.41, 5.74) is 8.00. The Hall–Kier alpha value is -4.52. The van der Waals surface area contributed by atoms with Gasteiger partial charge >= 0.3 is 12.3 Å². The van der Waals surface area contributed by atoms with Gasteiger partial charge in [-0.2, -0.15) is 13.2 Å². The number of rotatable bonds is 7. The number of carbonyl (C=O) groups excluding carboxylic acids is 3. The zero-order chi connectivity index (χ0) is 30.4. The molecule has 13 nitrogen and oxygen atoms in total. The van der Waals surface area contributed by atoms with Gasteiger partial charge in [0.25, 0.3) is 0 Å². The Morgan fingerprint density at radius 3 is 2.64 bits per heavy atom. The first-order chi connectivity index (χ1) is 19.8. The zero-order valence-corrected chi connectivity index (χ0v) is 22.2. The molecule has 42 heavy (non-hydrogen) atoms. The number of hydrogen-bond acceptors (Lipinski definition) is 11. The maximum atomic E-state index is 13.0. The molecular formula is C26H29F3N8O5. The number of alkyl carbamates (subject to hydrolysis) is 1. The lowest BCUT2D eigenvalue weighted by atomic mass is 9.78. The molecule has 0 aliphatic carbocycles. The van der Waals surface area contributed by atoms with E-state index in [0.29, 0.717) is 12.0 Å². The largest absolute Gasteiger partial charge is 0.440 e. The minimum absolute atomic E-state index is 0.0611. The van der Waals surface area contributed by atoms with Gasteiger partial charge in [-0.25, -0.2) is 14.8 Å². The number of nitrogens with two attached hydrogens (primary N) is 2. The van der Waals surface area contributed by atoms with E-state index >= 15 is 0 Å². The number of guanidine groups is 2. The fourth-order valence-corrected chi connectivity index (χ4v) is 5.97. The average molecular weight is 591 g/mol. The number of carbonyl (C=O) groups is 3. The topological polar surface area (TPSA) is 188 Å². The number of ether oxygens (including phenoxy) is 1. The summed E-state index contributed by atoms with van der Waals surface area (Å²) in [5.74, 6) is 1.34. The fourth-order valence-electron chi connectivity index (χ4n) is 5.97. The van der Waals surface area contributed by atoms with Gasteiger partial charge < -0.3 is 36.8 Å². The van der Waals surface area contributed by atoms with Crippen LogP contribution in [0.4, 0.5) is 18.0 Å². The number of terminal acetylenes is 1. The van der Waals surface area contributed by atoms with Crippen LogP contribution >= 0.6 is 0 Å². The molecule has 0 radical (unpaired) electrons. The number of amides is 3. The SMILES string of the molecule is C#CC1(O)[C@@H](OC(=O)NCCCc2cccc(C(F)(F)F)c2)CN2C(N)=N[C@@H](CN3C(=O)CCC3=O)C3N=C(N)NC321. The summed E-state index contributed by atoms with van der Waals surface area (Å²) in [7, 11) is 0. The number of halogens is 3. The molecule has 2 fully saturated rings. The minimum atomic E-state index is -4.46. The predicted octanol–water partition coefficient (Wildman–Crippen LogP) is -0.759. The lowest BCUT2D eigenvalue weighted by Crippen LogP contribution is -2.77. The Morgan fingerprint density at radius 1 is 1.26 bits per heavy atom. The number of nitrogens with one attached hydrogen (secondary N) is 2. The molecule has 2 saturated heterocycles. The number of likely N-dealkylation sites (tertiary alicyclic amines) is 1. The third-order valence-corrected chi connectivity index (χ3v) is 7.94. The van der Waals surface area contributed by atoms with Gasteiger partial charge in [0, 0.05) is 19.4 Å². The Bertz CT molecular complexity index is 1390. The van der Waals surface area contributed by atoms with Crippen LogP contribution in [0.25, 0.3) is 0 Å². The van der Waals surface area contributed by atoms with E-state index < -0.39 is 47.3 Å². The molecule has 4 heterocycles. The van der Waals surface area contributed by atoms with E-state index in [1.807, 2.05) is 0 Å². The molecule has 1 spiro atoms. The van der Waals surface area contributed by atoms with Crippen molar-refractivity contribution in [2.45, 2.75) is 61.3 Å². The van der Waals surface area contributed by atoms with Crippen LogP contribution in [0.15, 0.2) is 34.3 Å². The number of hydrogen-bond donors (Lipinski definition) is 5. The van der Waals surface area contributed by atoms with Gasteiger partial charge in [-0.15, -0.1) is 6.42 Å². The van der Waals surface area contributed by atoms with Crippen molar-refractivity contribution in [3.05, 3.63) is 35.4 Å². The van der Waals surface area contributed by atoms with Gasteiger partial charge in [-0.1, -0.05) is 24.1 Å². The summed E-state index contributed by atoms with van der Waals surface area (Å²) in [6.45, 7) is -0.310. The first-order valence-corrected chi connectivity index (χ1v) is 13.2. The van der Waals surface area contributed by atoms with Crippen molar-refractivity contribution < 1.29 is 37.4 Å². The van der Waals surface area contributed by atoms with Crippen LogP contribution in [0.5, 0.6) is 0 Å². The molecule has 224 valence electrons. The molecule has 1 aromatic carbocycles. The van der Waals surface area contributed by atoms with Crippen molar-refractivity contribution in [2.24, 2.45) is 21.5 Å². The van der Waals surface area contributed by atoms with Crippen LogP contribution < -0.4 is 22.1 Å². The number of benzene rings is 1. The highest BCUT2D eigenvalue weighted by Crippen LogP contribution is 2.47. The molecule has 4 aliphatic heterocycles. The van der Waals surface area contributed by atoms with Crippen molar-refractivity contribution in [1.82, 2.24) is 20.4 Å². The number of nitrogens with zero attached hydrogens (tertiary/aromatic N) is 4. The molecule has 16 heteroatoms. The molecule has 4 aliphatic rings. The average Bonchev–Trinajstić information content (AvgIpc) is 3.54. The van der Waals surface area contributed by atoms with Crippen molar-refractivity contribution >= 4 is 29.8 Å². The summed E-state index contributed by atoms with van der Waals surface area (Å²) in [5, 5.41) is 17.3. The van der Waals surface area contributed by atoms with Crippen molar-refractivity contribution in [2.75, 3.05) is 19.6 Å². The Labute approximate surface area is 238 Å². The molecule has 1 aromatic rings. The van der Waals surface area contributed by atoms with Crippen molar-refractivity contribution in [3.8, 4) is 12.3 Å². The molecule has 5 atom stereocenters. The lowest BCUT2D eigenvalue weighted by molar-refractivity contribution is -0.139. The van der Waals surface area contributed by atoms with E-state index in [-0.39, 0.29) is 62.6 Å². The van der Waals surface area contributed by atoms with Crippen LogP contribution in [0.2, 0.25) is 0 Å². The second kappa shape index (κ2) is 10.4. The quantitative estimate of drug-likeness (QED) is 0.155. The van der Waals surface area contributed by atoms with E-state index in [0.717, 1.165) is 17.0 Å². The minimum Gasteiger partial charge on any atom is -0.440 e. The van der Waals surface area contributed by atoms with Crippen LogP contribution in [0.1, 0.15) is 30.4 Å². The van der Waals surface area contributed by atoms with Crippen LogP contribution in [0, 0.1) is 12.3 Å². The van der Waals surface area contributed by atoms with Crippen molar-refractivity contribution in [3.63, 3.8) is 0 Å². The third-order valence-electron chi connectivity index (χ3n) is 7.94. The summed E-state index contributed by atoms with van der Waals surface area (Å²) in [4.78, 5) is 48.5. The molecule has 0 saturated carbocycles. The molecular weight excluding hydrogens is 561 g/mol. The van der Waals surface area contributed by atoms with Gasteiger partial charge in [0.05, 0.1) is 24.7 Å². The lowest BCUT2D eigenvalue weighted by Gasteiger charge is -2.49. The van der Waals surface area contributed by atoms with Gasteiger partial charge in [0.15, 0.2) is 23.7 Å². The van der Waals surface area contributed by atoms with E-state index in [1.54, 1.807) is 6.07 Å².